The molecular formula is C23H20N2O3. The molecule has 0 aromatic heterocycles. The zero-order valence-corrected chi connectivity index (χ0v) is 15.3. The van der Waals surface area contributed by atoms with Gasteiger partial charge >= 0.3 is 6.09 Å². The largest absolute Gasteiger partial charge is 0.416 e. The van der Waals surface area contributed by atoms with Gasteiger partial charge in [0.1, 0.15) is 5.75 Å². The zero-order chi connectivity index (χ0) is 19.5. The number of ether oxygens (including phenoxy) is 1. The minimum absolute atomic E-state index is 0.00237. The highest BCUT2D eigenvalue weighted by Gasteiger charge is 2.47. The number of para-hydroxylation sites is 1. The van der Waals surface area contributed by atoms with E-state index in [1.807, 2.05) is 42.5 Å². The number of nitrogens with zero attached hydrogens (tertiary/aromatic N) is 2. The number of amides is 1. The number of Topliss-reactive ketones (excluding diaryl/α,β-unsaturated/α-hetero) is 1. The van der Waals surface area contributed by atoms with Crippen LogP contribution >= 0.6 is 0 Å². The van der Waals surface area contributed by atoms with Gasteiger partial charge in [0.25, 0.3) is 0 Å². The fourth-order valence-electron chi connectivity index (χ4n) is 4.09. The van der Waals surface area contributed by atoms with E-state index in [0.29, 0.717) is 24.2 Å². The van der Waals surface area contributed by atoms with Gasteiger partial charge in [-0.3, -0.25) is 9.69 Å². The first-order valence-corrected chi connectivity index (χ1v) is 9.42. The van der Waals surface area contributed by atoms with Crippen molar-refractivity contribution in [3.63, 3.8) is 0 Å². The third-order valence-corrected chi connectivity index (χ3v) is 5.39. The van der Waals surface area contributed by atoms with E-state index in [1.54, 1.807) is 29.2 Å². The topological polar surface area (TPSA) is 70.4 Å². The Morgan fingerprint density at radius 1 is 1.07 bits per heavy atom. The molecular weight excluding hydrogens is 352 g/mol. The molecule has 1 fully saturated rings. The number of nitriles is 1. The first kappa shape index (κ1) is 18.0. The van der Waals surface area contributed by atoms with Gasteiger partial charge in [-0.25, -0.2) is 4.79 Å². The summed E-state index contributed by atoms with van der Waals surface area (Å²) in [6.45, 7) is 0. The van der Waals surface area contributed by atoms with Crippen LogP contribution in [0.2, 0.25) is 0 Å². The molecule has 0 spiro atoms. The summed E-state index contributed by atoms with van der Waals surface area (Å²) in [7, 11) is 0. The van der Waals surface area contributed by atoms with Crippen molar-refractivity contribution in [2.45, 2.75) is 31.3 Å². The van der Waals surface area contributed by atoms with Crippen molar-refractivity contribution in [3.05, 3.63) is 77.9 Å². The Morgan fingerprint density at radius 2 is 1.75 bits per heavy atom. The summed E-state index contributed by atoms with van der Waals surface area (Å²) in [4.78, 5) is 27.7. The van der Waals surface area contributed by atoms with Gasteiger partial charge in [-0.05, 0) is 30.5 Å². The summed E-state index contributed by atoms with van der Waals surface area (Å²) in [6.07, 6.45) is 2.83. The summed E-state index contributed by atoms with van der Waals surface area (Å²) >= 11 is 0. The van der Waals surface area contributed by atoms with Crippen molar-refractivity contribution in [2.75, 3.05) is 0 Å². The Bertz CT molecular complexity index is 947. The van der Waals surface area contributed by atoms with Crippen molar-refractivity contribution >= 4 is 11.9 Å². The molecule has 1 saturated heterocycles. The van der Waals surface area contributed by atoms with E-state index in [1.165, 1.54) is 0 Å². The number of fused-ring (bicyclic) bond motifs is 1. The van der Waals surface area contributed by atoms with Gasteiger partial charge in [0.05, 0.1) is 24.1 Å². The molecule has 0 radical (unpaired) electrons. The minimum atomic E-state index is -0.582. The fraction of sp³-hybridized carbons (Fsp3) is 0.261. The summed E-state index contributed by atoms with van der Waals surface area (Å²) in [5, 5.41) is 9.70. The van der Waals surface area contributed by atoms with Crippen LogP contribution in [0.5, 0.6) is 5.75 Å². The molecule has 1 aliphatic heterocycles. The Kier molecular flexibility index (Phi) is 4.94. The number of carbonyl (C=O) groups excluding carboxylic acids is 2. The van der Waals surface area contributed by atoms with Gasteiger partial charge in [0, 0.05) is 12.0 Å². The van der Waals surface area contributed by atoms with Crippen molar-refractivity contribution in [1.29, 1.82) is 5.26 Å². The number of ketones is 1. The fourth-order valence-corrected chi connectivity index (χ4v) is 4.09. The van der Waals surface area contributed by atoms with Crippen LogP contribution in [0.25, 0.3) is 0 Å². The lowest BCUT2D eigenvalue weighted by Gasteiger charge is -2.45. The third-order valence-electron chi connectivity index (χ3n) is 5.39. The van der Waals surface area contributed by atoms with E-state index in [2.05, 4.69) is 6.07 Å². The van der Waals surface area contributed by atoms with Crippen LogP contribution < -0.4 is 4.74 Å². The number of rotatable bonds is 2. The highest BCUT2D eigenvalue weighted by Crippen LogP contribution is 2.42. The molecule has 0 bridgehead atoms. The summed E-state index contributed by atoms with van der Waals surface area (Å²) in [5.74, 6) is 0.00686. The number of benzene rings is 2. The Balaban J connectivity index is 1.76. The van der Waals surface area contributed by atoms with E-state index in [-0.39, 0.29) is 12.2 Å². The predicted octanol–water partition coefficient (Wildman–Crippen LogP) is 4.43. The molecule has 5 nitrogen and oxygen atoms in total. The molecule has 28 heavy (non-hydrogen) atoms. The number of hydrogen-bond acceptors (Lipinski definition) is 4. The molecule has 3 atom stereocenters. The van der Waals surface area contributed by atoms with Crippen LogP contribution in [0.15, 0.2) is 72.3 Å². The zero-order valence-electron chi connectivity index (χ0n) is 15.3. The molecule has 2 aromatic carbocycles. The lowest BCUT2D eigenvalue weighted by molar-refractivity contribution is -0.120. The van der Waals surface area contributed by atoms with Crippen molar-refractivity contribution < 1.29 is 14.3 Å². The highest BCUT2D eigenvalue weighted by molar-refractivity contribution is 5.99. The van der Waals surface area contributed by atoms with E-state index >= 15 is 0 Å². The molecule has 0 N–H and O–H groups in total. The van der Waals surface area contributed by atoms with Crippen LogP contribution in [0, 0.1) is 17.2 Å². The summed E-state index contributed by atoms with van der Waals surface area (Å²) in [5.41, 5.74) is 1.43. The average molecular weight is 372 g/mol. The number of hydrogen-bond donors (Lipinski definition) is 0. The van der Waals surface area contributed by atoms with Gasteiger partial charge in [-0.2, -0.15) is 5.26 Å². The highest BCUT2D eigenvalue weighted by atomic mass is 16.6. The maximum Gasteiger partial charge on any atom is 0.416 e. The first-order valence-electron chi connectivity index (χ1n) is 9.42. The molecule has 2 aromatic rings. The average Bonchev–Trinajstić information content (AvgIpc) is 2.74. The molecule has 2 aliphatic rings. The Morgan fingerprint density at radius 3 is 2.43 bits per heavy atom. The van der Waals surface area contributed by atoms with Gasteiger partial charge in [0.15, 0.2) is 5.78 Å². The monoisotopic (exact) mass is 372 g/mol. The van der Waals surface area contributed by atoms with E-state index in [9.17, 15) is 14.9 Å². The van der Waals surface area contributed by atoms with Crippen LogP contribution in [0.3, 0.4) is 0 Å². The number of likely N-dealkylation sites (tertiary alicyclic amines) is 1. The molecule has 0 saturated carbocycles. The smallest absolute Gasteiger partial charge is 0.410 e. The van der Waals surface area contributed by atoms with Gasteiger partial charge < -0.3 is 4.74 Å². The van der Waals surface area contributed by atoms with Gasteiger partial charge in [0.2, 0.25) is 0 Å². The number of allylic oxidation sites excluding steroid dienone is 1. The molecule has 4 rings (SSSR count). The second-order valence-electron chi connectivity index (χ2n) is 7.06. The molecule has 1 amide bonds. The van der Waals surface area contributed by atoms with Crippen molar-refractivity contribution in [3.8, 4) is 11.8 Å². The van der Waals surface area contributed by atoms with E-state index in [4.69, 9.17) is 4.74 Å². The lowest BCUT2D eigenvalue weighted by Crippen LogP contribution is -2.54. The predicted molar refractivity (Wildman–Crippen MR) is 103 cm³/mol. The first-order chi connectivity index (χ1) is 13.7. The molecule has 1 aliphatic carbocycles. The lowest BCUT2D eigenvalue weighted by atomic mass is 9.76. The minimum Gasteiger partial charge on any atom is -0.410 e. The van der Waals surface area contributed by atoms with Crippen molar-refractivity contribution in [2.24, 2.45) is 5.92 Å². The van der Waals surface area contributed by atoms with Gasteiger partial charge in [-0.15, -0.1) is 0 Å². The van der Waals surface area contributed by atoms with Crippen LogP contribution in [0.4, 0.5) is 4.79 Å². The molecule has 0 unspecified atom stereocenters. The standard InChI is InChI=1S/C23H20N2O3/c24-15-17-10-7-13-19-21(26)14-20(16-8-3-1-4-9-16)25(22(17)19)23(27)28-18-11-5-2-6-12-18/h1-6,8-9,11-13,17,20,22H,7,10,14H2/t17-,20-,22+/m1/s1. The third kappa shape index (κ3) is 3.29. The van der Waals surface area contributed by atoms with Gasteiger partial charge in [-0.1, -0.05) is 54.6 Å². The normalized spacial score (nSPS) is 24.0. The van der Waals surface area contributed by atoms with E-state index in [0.717, 1.165) is 5.56 Å². The molecule has 140 valence electrons. The molecule has 5 heteroatoms. The second-order valence-corrected chi connectivity index (χ2v) is 7.06. The number of carbonyl (C=O) groups is 2. The van der Waals surface area contributed by atoms with Crippen LogP contribution in [-0.4, -0.2) is 22.8 Å². The summed E-state index contributed by atoms with van der Waals surface area (Å²) < 4.78 is 5.62. The van der Waals surface area contributed by atoms with Crippen LogP contribution in [-0.2, 0) is 4.79 Å². The second kappa shape index (κ2) is 7.69. The Labute approximate surface area is 163 Å². The summed E-state index contributed by atoms with van der Waals surface area (Å²) in [6, 6.07) is 19.6. The number of piperidine rings is 1. The quantitative estimate of drug-likeness (QED) is 0.782. The SMILES string of the molecule is N#C[C@H]1CCC=C2C(=O)C[C@H](c3ccccc3)N(C(=O)Oc3ccccc3)[C@H]21. The Hall–Kier alpha value is -3.39. The maximum atomic E-state index is 13.2. The van der Waals surface area contributed by atoms with Crippen LogP contribution in [0.1, 0.15) is 30.9 Å². The van der Waals surface area contributed by atoms with Crippen molar-refractivity contribution in [1.82, 2.24) is 4.90 Å². The maximum absolute atomic E-state index is 13.2. The van der Waals surface area contributed by atoms with E-state index < -0.39 is 24.1 Å². The molecule has 1 heterocycles.